The Hall–Kier alpha value is -1.32. The number of nitrogens with zero attached hydrogens (tertiary/aromatic N) is 2. The minimum Gasteiger partial charge on any atom is -0.379 e. The molecule has 0 bridgehead atoms. The van der Waals surface area contributed by atoms with Crippen LogP contribution in [0.25, 0.3) is 0 Å². The quantitative estimate of drug-likeness (QED) is 0.846. The van der Waals surface area contributed by atoms with Gasteiger partial charge in [-0.25, -0.2) is 0 Å². The van der Waals surface area contributed by atoms with Crippen molar-refractivity contribution in [2.45, 2.75) is 12.0 Å². The zero-order valence-corrected chi connectivity index (χ0v) is 10.4. The highest BCUT2D eigenvalue weighted by Crippen LogP contribution is 2.31. The molecule has 0 saturated carbocycles. The van der Waals surface area contributed by atoms with Gasteiger partial charge in [-0.1, -0.05) is 30.3 Å². The molecule has 17 heavy (non-hydrogen) atoms. The number of rotatable bonds is 4. The Morgan fingerprint density at radius 1 is 1.29 bits per heavy atom. The smallest absolute Gasteiger partial charge is 0.134 e. The minimum atomic E-state index is -1.11. The Bertz CT molecular complexity index is 483. The van der Waals surface area contributed by atoms with Gasteiger partial charge in [-0.05, 0) is 18.1 Å². The molecule has 1 atom stereocenters. The van der Waals surface area contributed by atoms with Crippen LogP contribution < -0.4 is 0 Å². The molecular formula is C13H15ClN2O. The zero-order chi connectivity index (χ0) is 12.3. The number of benzene rings is 1. The van der Waals surface area contributed by atoms with E-state index in [1.54, 1.807) is 4.68 Å². The first kappa shape index (κ1) is 12.1. The van der Waals surface area contributed by atoms with Gasteiger partial charge in [0.25, 0.3) is 0 Å². The Morgan fingerprint density at radius 3 is 2.53 bits per heavy atom. The van der Waals surface area contributed by atoms with E-state index in [1.165, 1.54) is 0 Å². The molecule has 0 aliphatic rings. The monoisotopic (exact) mass is 250 g/mol. The van der Waals surface area contributed by atoms with E-state index in [-0.39, 0.29) is 0 Å². The molecule has 4 heteroatoms. The fourth-order valence-corrected chi connectivity index (χ4v) is 2.18. The lowest BCUT2D eigenvalue weighted by Crippen LogP contribution is -2.28. The summed E-state index contributed by atoms with van der Waals surface area (Å²) in [5.74, 6) is 0.377. The summed E-state index contributed by atoms with van der Waals surface area (Å²) in [6, 6.07) is 11.3. The molecule has 1 aromatic heterocycles. The van der Waals surface area contributed by atoms with Gasteiger partial charge in [-0.2, -0.15) is 5.10 Å². The summed E-state index contributed by atoms with van der Waals surface area (Å²) in [6.07, 6.45) is 2.26. The molecule has 2 aromatic rings. The first-order valence-electron chi connectivity index (χ1n) is 5.51. The largest absolute Gasteiger partial charge is 0.379 e. The van der Waals surface area contributed by atoms with Crippen molar-refractivity contribution in [3.63, 3.8) is 0 Å². The van der Waals surface area contributed by atoms with E-state index < -0.39 is 5.60 Å². The van der Waals surface area contributed by atoms with E-state index in [1.807, 2.05) is 49.6 Å². The zero-order valence-electron chi connectivity index (χ0n) is 9.68. The molecule has 1 heterocycles. The van der Waals surface area contributed by atoms with Gasteiger partial charge in [0.2, 0.25) is 0 Å². The molecule has 0 aliphatic heterocycles. The summed E-state index contributed by atoms with van der Waals surface area (Å²) < 4.78 is 1.68. The SMILES string of the molecule is Cn1ccc(C(O)(CCCl)c2ccccc2)n1. The second kappa shape index (κ2) is 4.90. The van der Waals surface area contributed by atoms with Crippen molar-refractivity contribution < 1.29 is 5.11 Å². The Kier molecular flexibility index (Phi) is 3.50. The van der Waals surface area contributed by atoms with Gasteiger partial charge in [0.15, 0.2) is 0 Å². The van der Waals surface area contributed by atoms with E-state index in [0.717, 1.165) is 5.56 Å². The number of hydrogen-bond donors (Lipinski definition) is 1. The third-order valence-electron chi connectivity index (χ3n) is 2.84. The first-order valence-corrected chi connectivity index (χ1v) is 6.04. The summed E-state index contributed by atoms with van der Waals surface area (Å²) in [5, 5.41) is 15.1. The molecule has 0 fully saturated rings. The second-order valence-electron chi connectivity index (χ2n) is 4.04. The fourth-order valence-electron chi connectivity index (χ4n) is 1.91. The number of aliphatic hydroxyl groups is 1. The summed E-state index contributed by atoms with van der Waals surface area (Å²) >= 11 is 5.80. The topological polar surface area (TPSA) is 38.0 Å². The van der Waals surface area contributed by atoms with Gasteiger partial charge in [0, 0.05) is 19.1 Å². The van der Waals surface area contributed by atoms with Gasteiger partial charge < -0.3 is 5.11 Å². The van der Waals surface area contributed by atoms with Gasteiger partial charge >= 0.3 is 0 Å². The van der Waals surface area contributed by atoms with Gasteiger partial charge in [0.1, 0.15) is 5.60 Å². The van der Waals surface area contributed by atoms with Crippen LogP contribution in [0.5, 0.6) is 0 Å². The maximum atomic E-state index is 10.8. The van der Waals surface area contributed by atoms with Crippen LogP contribution in [0.1, 0.15) is 17.7 Å². The van der Waals surface area contributed by atoms with Crippen LogP contribution in [-0.4, -0.2) is 20.8 Å². The molecule has 3 nitrogen and oxygen atoms in total. The lowest BCUT2D eigenvalue weighted by molar-refractivity contribution is 0.0722. The summed E-state index contributed by atoms with van der Waals surface area (Å²) in [6.45, 7) is 0. The van der Waals surface area contributed by atoms with E-state index >= 15 is 0 Å². The first-order chi connectivity index (χ1) is 8.16. The maximum Gasteiger partial charge on any atom is 0.134 e. The van der Waals surface area contributed by atoms with Crippen LogP contribution in [0.15, 0.2) is 42.6 Å². The molecule has 0 saturated heterocycles. The summed E-state index contributed by atoms with van der Waals surface area (Å²) in [4.78, 5) is 0. The lowest BCUT2D eigenvalue weighted by Gasteiger charge is -2.26. The minimum absolute atomic E-state index is 0.377. The average Bonchev–Trinajstić information content (AvgIpc) is 2.78. The van der Waals surface area contributed by atoms with Crippen LogP contribution in [0.3, 0.4) is 0 Å². The molecule has 1 aromatic carbocycles. The molecule has 0 spiro atoms. The van der Waals surface area contributed by atoms with Crippen molar-refractivity contribution in [1.29, 1.82) is 0 Å². The highest BCUT2D eigenvalue weighted by Gasteiger charge is 2.33. The van der Waals surface area contributed by atoms with Gasteiger partial charge in [-0.3, -0.25) is 4.68 Å². The molecular weight excluding hydrogens is 236 g/mol. The van der Waals surface area contributed by atoms with Crippen molar-refractivity contribution in [3.05, 3.63) is 53.9 Å². The van der Waals surface area contributed by atoms with Crippen molar-refractivity contribution in [1.82, 2.24) is 9.78 Å². The van der Waals surface area contributed by atoms with Gasteiger partial charge in [-0.15, -0.1) is 11.6 Å². The van der Waals surface area contributed by atoms with Crippen LogP contribution in [0.2, 0.25) is 0 Å². The van der Waals surface area contributed by atoms with Crippen molar-refractivity contribution in [3.8, 4) is 0 Å². The average molecular weight is 251 g/mol. The highest BCUT2D eigenvalue weighted by molar-refractivity contribution is 6.17. The van der Waals surface area contributed by atoms with E-state index in [2.05, 4.69) is 5.10 Å². The third kappa shape index (κ3) is 2.35. The van der Waals surface area contributed by atoms with Crippen LogP contribution in [0.4, 0.5) is 0 Å². The lowest BCUT2D eigenvalue weighted by atomic mass is 9.88. The number of halogens is 1. The molecule has 0 amide bonds. The van der Waals surface area contributed by atoms with E-state index in [0.29, 0.717) is 18.0 Å². The third-order valence-corrected chi connectivity index (χ3v) is 3.03. The molecule has 0 radical (unpaired) electrons. The summed E-state index contributed by atoms with van der Waals surface area (Å²) in [7, 11) is 1.83. The van der Waals surface area contributed by atoms with E-state index in [4.69, 9.17) is 11.6 Å². The summed E-state index contributed by atoms with van der Waals surface area (Å²) in [5.41, 5.74) is 0.343. The molecule has 2 rings (SSSR count). The predicted molar refractivity (Wildman–Crippen MR) is 68.0 cm³/mol. The predicted octanol–water partition coefficient (Wildman–Crippen LogP) is 2.28. The number of aromatic nitrogens is 2. The molecule has 1 unspecified atom stereocenters. The Labute approximate surface area is 106 Å². The van der Waals surface area contributed by atoms with Crippen molar-refractivity contribution >= 4 is 11.6 Å². The molecule has 1 N–H and O–H groups in total. The Morgan fingerprint density at radius 2 is 2.00 bits per heavy atom. The van der Waals surface area contributed by atoms with Crippen molar-refractivity contribution in [2.75, 3.05) is 5.88 Å². The van der Waals surface area contributed by atoms with Gasteiger partial charge in [0.05, 0.1) is 5.69 Å². The maximum absolute atomic E-state index is 10.8. The number of alkyl halides is 1. The van der Waals surface area contributed by atoms with Crippen LogP contribution in [-0.2, 0) is 12.6 Å². The van der Waals surface area contributed by atoms with Crippen molar-refractivity contribution in [2.24, 2.45) is 7.05 Å². The van der Waals surface area contributed by atoms with E-state index in [9.17, 15) is 5.11 Å². The highest BCUT2D eigenvalue weighted by atomic mass is 35.5. The van der Waals surface area contributed by atoms with Crippen LogP contribution in [0, 0.1) is 0 Å². The fraction of sp³-hybridized carbons (Fsp3) is 0.308. The normalized spacial score (nSPS) is 14.5. The standard InChI is InChI=1S/C13H15ClN2O/c1-16-10-7-12(15-16)13(17,8-9-14)11-5-3-2-4-6-11/h2-7,10,17H,8-9H2,1H3. The number of aryl methyl sites for hydroxylation is 1. The molecule has 90 valence electrons. The van der Waals surface area contributed by atoms with Crippen LogP contribution >= 0.6 is 11.6 Å². The number of hydrogen-bond acceptors (Lipinski definition) is 2. The Balaban J connectivity index is 2.46. The second-order valence-corrected chi connectivity index (χ2v) is 4.42. The molecule has 0 aliphatic carbocycles.